The molecular formula is C28H33N3O8. The van der Waals surface area contributed by atoms with E-state index >= 15 is 0 Å². The summed E-state index contributed by atoms with van der Waals surface area (Å²) in [5.74, 6) is -0.763. The summed E-state index contributed by atoms with van der Waals surface area (Å²) in [6.07, 6.45) is 4.46. The van der Waals surface area contributed by atoms with E-state index in [-0.39, 0.29) is 30.1 Å². The molecule has 208 valence electrons. The van der Waals surface area contributed by atoms with Crippen molar-refractivity contribution < 1.29 is 38.6 Å². The number of hydroxylamine groups is 1. The molecule has 3 amide bonds. The predicted molar refractivity (Wildman–Crippen MR) is 140 cm³/mol. The molecule has 1 aliphatic heterocycles. The van der Waals surface area contributed by atoms with E-state index in [0.717, 1.165) is 12.8 Å². The zero-order valence-corrected chi connectivity index (χ0v) is 22.0. The van der Waals surface area contributed by atoms with Crippen LogP contribution in [0.5, 0.6) is 11.5 Å². The van der Waals surface area contributed by atoms with Crippen LogP contribution in [0.3, 0.4) is 0 Å². The molecule has 0 bridgehead atoms. The van der Waals surface area contributed by atoms with Crippen LogP contribution in [0.1, 0.15) is 73.0 Å². The minimum Gasteiger partial charge on any atom is -0.493 e. The lowest BCUT2D eigenvalue weighted by Crippen LogP contribution is -2.35. The second kappa shape index (κ2) is 12.5. The lowest BCUT2D eigenvalue weighted by atomic mass is 10.0. The summed E-state index contributed by atoms with van der Waals surface area (Å²) in [7, 11) is 1.51. The Balaban J connectivity index is 0.00000110. The number of anilines is 1. The van der Waals surface area contributed by atoms with Crippen molar-refractivity contribution in [1.82, 2.24) is 10.4 Å². The second-order valence-corrected chi connectivity index (χ2v) is 9.55. The Kier molecular flexibility index (Phi) is 8.90. The zero-order chi connectivity index (χ0) is 27.9. The summed E-state index contributed by atoms with van der Waals surface area (Å²) < 4.78 is 11.0. The van der Waals surface area contributed by atoms with Crippen molar-refractivity contribution in [1.29, 1.82) is 0 Å². The number of hydrogen-bond acceptors (Lipinski definition) is 7. The van der Waals surface area contributed by atoms with Crippen LogP contribution in [-0.4, -0.2) is 47.6 Å². The normalized spacial score (nSPS) is 15.7. The Morgan fingerprint density at radius 2 is 1.85 bits per heavy atom. The SMILES string of the molecule is C1CC1.CCOc1cc([C@@H](CC(=O)NOC(=O)C2CC2)N2Cc3cccc(NC(=O)O)c3C2=O)ccc1OC. The van der Waals surface area contributed by atoms with Crippen molar-refractivity contribution in [2.24, 2.45) is 5.92 Å². The Morgan fingerprint density at radius 1 is 1.10 bits per heavy atom. The fraction of sp³-hybridized carbons (Fsp3) is 0.429. The molecule has 0 saturated heterocycles. The highest BCUT2D eigenvalue weighted by Gasteiger charge is 2.37. The van der Waals surface area contributed by atoms with E-state index in [1.54, 1.807) is 30.3 Å². The zero-order valence-electron chi connectivity index (χ0n) is 22.0. The quantitative estimate of drug-likeness (QED) is 0.397. The molecule has 39 heavy (non-hydrogen) atoms. The molecule has 1 heterocycles. The van der Waals surface area contributed by atoms with E-state index in [9.17, 15) is 24.3 Å². The predicted octanol–water partition coefficient (Wildman–Crippen LogP) is 4.43. The van der Waals surface area contributed by atoms with E-state index in [1.807, 2.05) is 6.92 Å². The number of methoxy groups -OCH3 is 1. The molecule has 2 aromatic carbocycles. The molecule has 3 aliphatic rings. The lowest BCUT2D eigenvalue weighted by molar-refractivity contribution is -0.159. The fourth-order valence-electron chi connectivity index (χ4n) is 4.16. The first kappa shape index (κ1) is 27.7. The highest BCUT2D eigenvalue weighted by Crippen LogP contribution is 2.39. The Morgan fingerprint density at radius 3 is 2.46 bits per heavy atom. The average Bonchev–Trinajstić information content (AvgIpc) is 3.82. The van der Waals surface area contributed by atoms with Crippen molar-refractivity contribution >= 4 is 29.6 Å². The van der Waals surface area contributed by atoms with E-state index < -0.39 is 29.9 Å². The molecule has 0 unspecified atom stereocenters. The van der Waals surface area contributed by atoms with Gasteiger partial charge in [-0.3, -0.25) is 14.9 Å². The Hall–Kier alpha value is -4.28. The summed E-state index contributed by atoms with van der Waals surface area (Å²) in [4.78, 5) is 55.8. The van der Waals surface area contributed by atoms with Gasteiger partial charge in [-0.05, 0) is 49.1 Å². The van der Waals surface area contributed by atoms with Gasteiger partial charge in [-0.2, -0.15) is 5.48 Å². The average molecular weight is 540 g/mol. The molecule has 2 saturated carbocycles. The topological polar surface area (TPSA) is 144 Å². The van der Waals surface area contributed by atoms with Gasteiger partial charge in [0, 0.05) is 6.54 Å². The first-order valence-corrected chi connectivity index (χ1v) is 13.0. The molecule has 2 aromatic rings. The maximum absolute atomic E-state index is 13.5. The molecule has 2 aliphatic carbocycles. The van der Waals surface area contributed by atoms with Crippen molar-refractivity contribution in [2.45, 2.75) is 58.0 Å². The van der Waals surface area contributed by atoms with Gasteiger partial charge in [0.1, 0.15) is 0 Å². The minimum atomic E-state index is -1.29. The monoisotopic (exact) mass is 539 g/mol. The van der Waals surface area contributed by atoms with Gasteiger partial charge in [-0.15, -0.1) is 0 Å². The van der Waals surface area contributed by atoms with Crippen LogP contribution in [0.4, 0.5) is 10.5 Å². The molecule has 1 atom stereocenters. The first-order chi connectivity index (χ1) is 18.8. The second-order valence-electron chi connectivity index (χ2n) is 9.55. The van der Waals surface area contributed by atoms with Gasteiger partial charge in [-0.1, -0.05) is 37.5 Å². The maximum Gasteiger partial charge on any atom is 0.409 e. The third kappa shape index (κ3) is 7.18. The molecular weight excluding hydrogens is 506 g/mol. The number of fused-ring (bicyclic) bond motifs is 1. The first-order valence-electron chi connectivity index (χ1n) is 13.0. The third-order valence-corrected chi connectivity index (χ3v) is 6.36. The molecule has 11 nitrogen and oxygen atoms in total. The molecule has 11 heteroatoms. The number of hydrogen-bond donors (Lipinski definition) is 3. The van der Waals surface area contributed by atoms with Gasteiger partial charge >= 0.3 is 12.1 Å². The van der Waals surface area contributed by atoms with Crippen molar-refractivity contribution in [3.8, 4) is 11.5 Å². The highest BCUT2D eigenvalue weighted by molar-refractivity contribution is 6.06. The fourth-order valence-corrected chi connectivity index (χ4v) is 4.16. The summed E-state index contributed by atoms with van der Waals surface area (Å²) in [6.45, 7) is 2.35. The Bertz CT molecular complexity index is 1240. The molecule has 2 fully saturated rings. The largest absolute Gasteiger partial charge is 0.493 e. The number of carboxylic acid groups (broad SMARTS) is 1. The van der Waals surface area contributed by atoms with Gasteiger partial charge in [0.05, 0.1) is 43.3 Å². The van der Waals surface area contributed by atoms with Crippen molar-refractivity contribution in [3.63, 3.8) is 0 Å². The summed E-state index contributed by atoms with van der Waals surface area (Å²) in [5.41, 5.74) is 3.80. The number of carbonyl (C=O) groups is 4. The van der Waals surface area contributed by atoms with Crippen LogP contribution < -0.4 is 20.3 Å². The van der Waals surface area contributed by atoms with E-state index in [2.05, 4.69) is 10.8 Å². The number of ether oxygens (including phenoxy) is 2. The number of benzene rings is 2. The van der Waals surface area contributed by atoms with E-state index in [0.29, 0.717) is 29.2 Å². The lowest BCUT2D eigenvalue weighted by Gasteiger charge is -2.28. The Labute approximate surface area is 226 Å². The summed E-state index contributed by atoms with van der Waals surface area (Å²) >= 11 is 0. The molecule has 0 spiro atoms. The number of rotatable bonds is 9. The third-order valence-electron chi connectivity index (χ3n) is 6.36. The van der Waals surface area contributed by atoms with E-state index in [1.165, 1.54) is 37.3 Å². The standard InChI is InChI=1S/C25H27N3O8.C3H6/c1-3-35-20-11-15(9-10-19(20)34-2)18(12-21(29)27-36-24(31)14-7-8-14)28-13-16-5-4-6-17(26-25(32)33)22(16)23(28)30;1-2-3-1/h4-6,9-11,14,18,26H,3,7-8,12-13H2,1-2H3,(H,27,29)(H,32,33);1-3H2/t18-;/m1./s1. The van der Waals surface area contributed by atoms with Gasteiger partial charge in [-0.25, -0.2) is 9.59 Å². The van der Waals surface area contributed by atoms with Crippen LogP contribution in [-0.2, 0) is 21.0 Å². The van der Waals surface area contributed by atoms with Gasteiger partial charge < -0.3 is 24.3 Å². The summed E-state index contributed by atoms with van der Waals surface area (Å²) in [6, 6.07) is 9.23. The molecule has 0 aromatic heterocycles. The van der Waals surface area contributed by atoms with Crippen molar-refractivity contribution in [3.05, 3.63) is 53.1 Å². The molecule has 0 radical (unpaired) electrons. The highest BCUT2D eigenvalue weighted by atomic mass is 16.7. The van der Waals surface area contributed by atoms with Gasteiger partial charge in [0.25, 0.3) is 11.8 Å². The van der Waals surface area contributed by atoms with Crippen LogP contribution in [0, 0.1) is 5.92 Å². The van der Waals surface area contributed by atoms with Crippen LogP contribution >= 0.6 is 0 Å². The molecule has 5 rings (SSSR count). The molecule has 3 N–H and O–H groups in total. The van der Waals surface area contributed by atoms with Crippen LogP contribution in [0.2, 0.25) is 0 Å². The number of nitrogens with zero attached hydrogens (tertiary/aromatic N) is 1. The van der Waals surface area contributed by atoms with Gasteiger partial charge in [0.2, 0.25) is 0 Å². The number of carbonyl (C=O) groups excluding carboxylic acids is 3. The minimum absolute atomic E-state index is 0.152. The summed E-state index contributed by atoms with van der Waals surface area (Å²) in [5, 5.41) is 11.4. The smallest absolute Gasteiger partial charge is 0.409 e. The van der Waals surface area contributed by atoms with Crippen LogP contribution in [0.15, 0.2) is 36.4 Å². The van der Waals surface area contributed by atoms with Crippen LogP contribution in [0.25, 0.3) is 0 Å². The van der Waals surface area contributed by atoms with Gasteiger partial charge in [0.15, 0.2) is 11.5 Å². The number of nitrogens with one attached hydrogen (secondary N) is 2. The number of amides is 3. The van der Waals surface area contributed by atoms with Crippen molar-refractivity contribution in [2.75, 3.05) is 19.0 Å². The van der Waals surface area contributed by atoms with E-state index in [4.69, 9.17) is 14.3 Å². The maximum atomic E-state index is 13.5.